The van der Waals surface area contributed by atoms with Gasteiger partial charge in [-0.25, -0.2) is 4.79 Å². The highest BCUT2D eigenvalue weighted by atomic mass is 17.2. The Morgan fingerprint density at radius 1 is 1.23 bits per heavy atom. The Morgan fingerprint density at radius 3 is 2.77 bits per heavy atom. The third-order valence-corrected chi connectivity index (χ3v) is 6.21. The van der Waals surface area contributed by atoms with Gasteiger partial charge in [0.25, 0.3) is 0 Å². The van der Waals surface area contributed by atoms with Crippen molar-refractivity contribution in [1.29, 1.82) is 0 Å². The number of amides is 1. The van der Waals surface area contributed by atoms with Crippen molar-refractivity contribution in [3.05, 3.63) is 30.1 Å². The highest BCUT2D eigenvalue weighted by molar-refractivity contribution is 5.92. The Kier molecular flexibility index (Phi) is 6.77. The number of rotatable bonds is 6. The maximum Gasteiger partial charge on any atom is 0.414 e. The molecule has 8 heteroatoms. The number of hydrogen-bond donors (Lipinski definition) is 1. The molecule has 2 heterocycles. The van der Waals surface area contributed by atoms with Gasteiger partial charge in [-0.15, -0.1) is 0 Å². The summed E-state index contributed by atoms with van der Waals surface area (Å²) in [5, 5.41) is 13.5. The third-order valence-electron chi connectivity index (χ3n) is 6.21. The minimum Gasteiger partial charge on any atom is -0.452 e. The van der Waals surface area contributed by atoms with Crippen LogP contribution in [-0.4, -0.2) is 46.8 Å². The van der Waals surface area contributed by atoms with Gasteiger partial charge in [0.15, 0.2) is 5.75 Å². The van der Waals surface area contributed by atoms with Crippen LogP contribution in [0.25, 0.3) is 11.1 Å². The molecule has 1 fully saturated rings. The zero-order chi connectivity index (χ0) is 21.8. The molecule has 4 rings (SSSR count). The first kappa shape index (κ1) is 21.6. The van der Waals surface area contributed by atoms with Crippen LogP contribution in [-0.2, 0) is 22.6 Å². The van der Waals surface area contributed by atoms with Gasteiger partial charge in [-0.05, 0) is 44.7 Å². The minimum atomic E-state index is -0.379. The molecule has 0 spiro atoms. The monoisotopic (exact) mass is 429 g/mol. The van der Waals surface area contributed by atoms with E-state index in [9.17, 15) is 9.90 Å². The lowest BCUT2D eigenvalue weighted by atomic mass is 9.92. The van der Waals surface area contributed by atoms with Crippen molar-refractivity contribution >= 4 is 11.8 Å². The molecule has 0 unspecified atom stereocenters. The van der Waals surface area contributed by atoms with Crippen molar-refractivity contribution in [2.75, 3.05) is 18.6 Å². The lowest BCUT2D eigenvalue weighted by Gasteiger charge is -2.35. The van der Waals surface area contributed by atoms with E-state index in [1.807, 2.05) is 25.3 Å². The van der Waals surface area contributed by atoms with E-state index in [1.165, 1.54) is 13.5 Å². The van der Waals surface area contributed by atoms with Crippen LogP contribution in [0.2, 0.25) is 0 Å². The number of anilines is 1. The number of nitrogens with zero attached hydrogens (tertiary/aromatic N) is 3. The van der Waals surface area contributed by atoms with Crippen LogP contribution in [0.1, 0.15) is 51.0 Å². The lowest BCUT2D eigenvalue weighted by molar-refractivity contribution is -0.250. The van der Waals surface area contributed by atoms with Crippen LogP contribution in [0.4, 0.5) is 10.5 Å². The van der Waals surface area contributed by atoms with Crippen molar-refractivity contribution in [3.8, 4) is 16.9 Å². The summed E-state index contributed by atoms with van der Waals surface area (Å²) in [5.41, 5.74) is 3.46. The predicted molar refractivity (Wildman–Crippen MR) is 116 cm³/mol. The van der Waals surface area contributed by atoms with E-state index < -0.39 is 0 Å². The molecule has 1 aromatic heterocycles. The number of aliphatic hydroxyl groups excluding tert-OH is 1. The summed E-state index contributed by atoms with van der Waals surface area (Å²) in [4.78, 5) is 26.1. The summed E-state index contributed by atoms with van der Waals surface area (Å²) in [5.74, 6) is 0.632. The van der Waals surface area contributed by atoms with Gasteiger partial charge >= 0.3 is 6.09 Å². The van der Waals surface area contributed by atoms with Gasteiger partial charge in [0, 0.05) is 28.9 Å². The molecule has 0 saturated heterocycles. The van der Waals surface area contributed by atoms with Crippen molar-refractivity contribution in [2.45, 2.75) is 70.6 Å². The SMILES string of the molecule is COC(=O)N1c2ccc(-c3cnn(CCO)c3)c(OOC3CCCCC3)c2CC[C@@H]1C. The standard InChI is InChI=1S/C23H31N3O5/c1-16-8-9-20-21(26(16)23(28)29-2)11-10-19(17-14-24-25(15-17)12-13-27)22(20)31-30-18-6-4-3-5-7-18/h10-11,14-16,18,27H,3-9,12-13H2,1-2H3/t16-/m0/s1. The molecular weight excluding hydrogens is 398 g/mol. The van der Waals surface area contributed by atoms with Gasteiger partial charge in [0.2, 0.25) is 0 Å². The molecule has 1 aromatic carbocycles. The molecule has 31 heavy (non-hydrogen) atoms. The number of fused-ring (bicyclic) bond motifs is 1. The summed E-state index contributed by atoms with van der Waals surface area (Å²) in [6.45, 7) is 2.46. The largest absolute Gasteiger partial charge is 0.452 e. The molecule has 0 bridgehead atoms. The predicted octanol–water partition coefficient (Wildman–Crippen LogP) is 4.09. The van der Waals surface area contributed by atoms with Gasteiger partial charge in [0.1, 0.15) is 6.10 Å². The minimum absolute atomic E-state index is 0.0193. The number of aliphatic hydroxyl groups is 1. The Bertz CT molecular complexity index is 907. The molecule has 8 nitrogen and oxygen atoms in total. The fraction of sp³-hybridized carbons (Fsp3) is 0.565. The zero-order valence-electron chi connectivity index (χ0n) is 18.2. The molecule has 168 valence electrons. The van der Waals surface area contributed by atoms with Gasteiger partial charge in [-0.2, -0.15) is 9.99 Å². The Labute approximate surface area is 182 Å². The smallest absolute Gasteiger partial charge is 0.414 e. The van der Waals surface area contributed by atoms with Crippen molar-refractivity contribution in [1.82, 2.24) is 9.78 Å². The fourth-order valence-corrected chi connectivity index (χ4v) is 4.51. The maximum atomic E-state index is 12.5. The topological polar surface area (TPSA) is 86.1 Å². The molecule has 0 radical (unpaired) electrons. The third kappa shape index (κ3) is 4.55. The molecule has 1 atom stereocenters. The van der Waals surface area contributed by atoms with Gasteiger partial charge < -0.3 is 14.7 Å². The van der Waals surface area contributed by atoms with Gasteiger partial charge in [-0.1, -0.05) is 19.3 Å². The molecule has 1 saturated carbocycles. The summed E-state index contributed by atoms with van der Waals surface area (Å²) in [7, 11) is 1.40. The zero-order valence-corrected chi connectivity index (χ0v) is 18.2. The maximum absolute atomic E-state index is 12.5. The summed E-state index contributed by atoms with van der Waals surface area (Å²) >= 11 is 0. The van der Waals surface area contributed by atoms with Gasteiger partial charge in [0.05, 0.1) is 32.1 Å². The first-order valence-corrected chi connectivity index (χ1v) is 11.1. The second-order valence-electron chi connectivity index (χ2n) is 8.32. The first-order chi connectivity index (χ1) is 15.1. The molecule has 1 aliphatic heterocycles. The second kappa shape index (κ2) is 9.70. The molecule has 2 aromatic rings. The van der Waals surface area contributed by atoms with Crippen molar-refractivity contribution in [2.24, 2.45) is 0 Å². The fourth-order valence-electron chi connectivity index (χ4n) is 4.51. The average Bonchev–Trinajstić information content (AvgIpc) is 3.26. The molecule has 2 aliphatic rings. The number of ether oxygens (including phenoxy) is 1. The van der Waals surface area contributed by atoms with E-state index in [1.54, 1.807) is 15.8 Å². The summed E-state index contributed by atoms with van der Waals surface area (Å²) in [6.07, 6.45) is 10.4. The van der Waals surface area contributed by atoms with Crippen LogP contribution in [0.15, 0.2) is 24.5 Å². The van der Waals surface area contributed by atoms with Crippen LogP contribution in [0, 0.1) is 0 Å². The second-order valence-corrected chi connectivity index (χ2v) is 8.32. The lowest BCUT2D eigenvalue weighted by Crippen LogP contribution is -2.42. The van der Waals surface area contributed by atoms with E-state index >= 15 is 0 Å². The summed E-state index contributed by atoms with van der Waals surface area (Å²) < 4.78 is 6.73. The Hall–Kier alpha value is -2.58. The van der Waals surface area contributed by atoms with Crippen LogP contribution in [0.5, 0.6) is 5.75 Å². The van der Waals surface area contributed by atoms with Crippen LogP contribution in [0.3, 0.4) is 0 Å². The number of methoxy groups -OCH3 is 1. The molecular formula is C23H31N3O5. The molecule has 1 N–H and O–H groups in total. The van der Waals surface area contributed by atoms with E-state index in [4.69, 9.17) is 14.5 Å². The highest BCUT2D eigenvalue weighted by Gasteiger charge is 2.33. The van der Waals surface area contributed by atoms with E-state index in [0.29, 0.717) is 12.3 Å². The highest BCUT2D eigenvalue weighted by Crippen LogP contribution is 2.43. The van der Waals surface area contributed by atoms with E-state index in [-0.39, 0.29) is 24.8 Å². The Balaban J connectivity index is 1.72. The van der Waals surface area contributed by atoms with Crippen LogP contribution >= 0.6 is 0 Å². The number of benzene rings is 1. The van der Waals surface area contributed by atoms with Crippen molar-refractivity contribution < 1.29 is 24.4 Å². The summed E-state index contributed by atoms with van der Waals surface area (Å²) in [6, 6.07) is 3.91. The normalized spacial score (nSPS) is 19.2. The first-order valence-electron chi connectivity index (χ1n) is 11.1. The quantitative estimate of drug-likeness (QED) is 0.550. The van der Waals surface area contributed by atoms with Crippen molar-refractivity contribution in [3.63, 3.8) is 0 Å². The van der Waals surface area contributed by atoms with Crippen LogP contribution < -0.4 is 9.79 Å². The number of carbonyl (C=O) groups excluding carboxylic acids is 1. The molecule has 1 amide bonds. The Morgan fingerprint density at radius 2 is 2.03 bits per heavy atom. The average molecular weight is 430 g/mol. The van der Waals surface area contributed by atoms with E-state index in [0.717, 1.165) is 60.9 Å². The number of carbonyl (C=O) groups is 1. The molecule has 1 aliphatic carbocycles. The number of aromatic nitrogens is 2. The van der Waals surface area contributed by atoms with E-state index in [2.05, 4.69) is 5.10 Å². The number of hydrogen-bond acceptors (Lipinski definition) is 6. The van der Waals surface area contributed by atoms with Gasteiger partial charge in [-0.3, -0.25) is 9.58 Å².